The summed E-state index contributed by atoms with van der Waals surface area (Å²) in [6, 6.07) is 4.34. The zero-order valence-corrected chi connectivity index (χ0v) is 12.1. The number of hydrogen-bond acceptors (Lipinski definition) is 3. The minimum atomic E-state index is -0.188. The number of rotatable bonds is 3. The first kappa shape index (κ1) is 11.9. The van der Waals surface area contributed by atoms with Gasteiger partial charge in [0.15, 0.2) is 0 Å². The SMILES string of the molecule is Cc1ccc(C2NC3(CC3)C(=O)N2CC2CCC2)s1. The highest BCUT2D eigenvalue weighted by molar-refractivity contribution is 7.12. The molecule has 1 amide bonds. The van der Waals surface area contributed by atoms with Crippen LogP contribution in [0.3, 0.4) is 0 Å². The largest absolute Gasteiger partial charge is 0.320 e. The molecule has 3 aliphatic rings. The highest BCUT2D eigenvalue weighted by Crippen LogP contribution is 2.47. The van der Waals surface area contributed by atoms with Crippen LogP contribution in [-0.2, 0) is 4.79 Å². The molecule has 1 aliphatic heterocycles. The summed E-state index contributed by atoms with van der Waals surface area (Å²) in [6.45, 7) is 3.09. The van der Waals surface area contributed by atoms with E-state index < -0.39 is 0 Å². The lowest BCUT2D eigenvalue weighted by atomic mass is 9.85. The van der Waals surface area contributed by atoms with Gasteiger partial charge >= 0.3 is 0 Å². The molecule has 3 fully saturated rings. The molecule has 3 nitrogen and oxygen atoms in total. The Labute approximate surface area is 118 Å². The lowest BCUT2D eigenvalue weighted by Gasteiger charge is -2.32. The van der Waals surface area contributed by atoms with Gasteiger partial charge in [-0.1, -0.05) is 6.42 Å². The Kier molecular flexibility index (Phi) is 2.55. The Balaban J connectivity index is 1.61. The van der Waals surface area contributed by atoms with Crippen molar-refractivity contribution >= 4 is 17.2 Å². The minimum absolute atomic E-state index is 0.134. The fourth-order valence-corrected chi connectivity index (χ4v) is 4.19. The zero-order chi connectivity index (χ0) is 13.0. The molecule has 1 unspecified atom stereocenters. The number of carbonyl (C=O) groups excluding carboxylic acids is 1. The fourth-order valence-electron chi connectivity index (χ4n) is 3.24. The van der Waals surface area contributed by atoms with E-state index in [-0.39, 0.29) is 11.7 Å². The van der Waals surface area contributed by atoms with Crippen molar-refractivity contribution < 1.29 is 4.79 Å². The zero-order valence-electron chi connectivity index (χ0n) is 11.3. The molecule has 4 heteroatoms. The predicted molar refractivity (Wildman–Crippen MR) is 76.0 cm³/mol. The van der Waals surface area contributed by atoms with Gasteiger partial charge in [0.2, 0.25) is 5.91 Å². The van der Waals surface area contributed by atoms with Crippen LogP contribution in [0.4, 0.5) is 0 Å². The van der Waals surface area contributed by atoms with E-state index >= 15 is 0 Å². The maximum Gasteiger partial charge on any atom is 0.244 e. The molecule has 102 valence electrons. The van der Waals surface area contributed by atoms with Gasteiger partial charge in [-0.3, -0.25) is 10.1 Å². The van der Waals surface area contributed by atoms with Crippen LogP contribution in [0.1, 0.15) is 48.0 Å². The molecule has 1 aromatic rings. The van der Waals surface area contributed by atoms with Gasteiger partial charge in [-0.05, 0) is 50.7 Å². The van der Waals surface area contributed by atoms with Crippen LogP contribution in [0.25, 0.3) is 0 Å². The van der Waals surface area contributed by atoms with Crippen molar-refractivity contribution in [1.82, 2.24) is 10.2 Å². The highest BCUT2D eigenvalue weighted by Gasteiger charge is 2.59. The standard InChI is InChI=1S/C15H20N2OS/c1-10-5-6-12(19-10)13-16-15(7-8-15)14(18)17(13)9-11-3-2-4-11/h5-6,11,13,16H,2-4,7-9H2,1H3. The van der Waals surface area contributed by atoms with Crippen LogP contribution >= 0.6 is 11.3 Å². The molecule has 1 spiro atoms. The number of hydrogen-bond donors (Lipinski definition) is 1. The van der Waals surface area contributed by atoms with Gasteiger partial charge in [-0.25, -0.2) is 0 Å². The average molecular weight is 276 g/mol. The Morgan fingerprint density at radius 1 is 1.42 bits per heavy atom. The number of aryl methyl sites for hydroxylation is 1. The van der Waals surface area contributed by atoms with Gasteiger partial charge in [0.1, 0.15) is 11.7 Å². The molecule has 0 radical (unpaired) electrons. The van der Waals surface area contributed by atoms with Crippen LogP contribution in [0.5, 0.6) is 0 Å². The molecule has 1 N–H and O–H groups in total. The van der Waals surface area contributed by atoms with Gasteiger partial charge in [0, 0.05) is 16.3 Å². The summed E-state index contributed by atoms with van der Waals surface area (Å²) in [5.41, 5.74) is -0.188. The van der Waals surface area contributed by atoms with Gasteiger partial charge in [0.05, 0.1) is 0 Å². The number of nitrogens with one attached hydrogen (secondary N) is 1. The van der Waals surface area contributed by atoms with Crippen molar-refractivity contribution in [3.63, 3.8) is 0 Å². The topological polar surface area (TPSA) is 32.3 Å². The normalized spacial score (nSPS) is 29.0. The number of nitrogens with zero attached hydrogens (tertiary/aromatic N) is 1. The van der Waals surface area contributed by atoms with Gasteiger partial charge < -0.3 is 4.90 Å². The van der Waals surface area contributed by atoms with Gasteiger partial charge in [-0.15, -0.1) is 11.3 Å². The number of carbonyl (C=O) groups is 1. The van der Waals surface area contributed by atoms with E-state index in [1.165, 1.54) is 29.0 Å². The van der Waals surface area contributed by atoms with E-state index in [1.807, 2.05) is 11.3 Å². The van der Waals surface area contributed by atoms with Crippen molar-refractivity contribution in [1.29, 1.82) is 0 Å². The maximum atomic E-state index is 12.6. The number of amides is 1. The van der Waals surface area contributed by atoms with Crippen LogP contribution in [0, 0.1) is 12.8 Å². The molecular formula is C15H20N2OS. The Hall–Kier alpha value is -0.870. The third kappa shape index (κ3) is 1.84. The van der Waals surface area contributed by atoms with Crippen LogP contribution in [0.2, 0.25) is 0 Å². The van der Waals surface area contributed by atoms with E-state index in [9.17, 15) is 4.79 Å². The minimum Gasteiger partial charge on any atom is -0.320 e. The average Bonchev–Trinajstić information content (AvgIpc) is 2.91. The molecule has 0 bridgehead atoms. The molecular weight excluding hydrogens is 256 g/mol. The first-order chi connectivity index (χ1) is 9.18. The summed E-state index contributed by atoms with van der Waals surface area (Å²) in [4.78, 5) is 17.4. The molecule has 1 atom stereocenters. The Bertz CT molecular complexity index is 516. The van der Waals surface area contributed by atoms with E-state index in [4.69, 9.17) is 0 Å². The van der Waals surface area contributed by atoms with Crippen molar-refractivity contribution in [3.05, 3.63) is 21.9 Å². The molecule has 0 aromatic carbocycles. The Morgan fingerprint density at radius 2 is 2.21 bits per heavy atom. The molecule has 2 aliphatic carbocycles. The number of thiophene rings is 1. The van der Waals surface area contributed by atoms with Crippen molar-refractivity contribution in [2.24, 2.45) is 5.92 Å². The molecule has 2 saturated carbocycles. The first-order valence-electron chi connectivity index (χ1n) is 7.33. The second kappa shape index (κ2) is 4.06. The van der Waals surface area contributed by atoms with E-state index in [1.54, 1.807) is 0 Å². The van der Waals surface area contributed by atoms with Crippen LogP contribution in [-0.4, -0.2) is 22.9 Å². The van der Waals surface area contributed by atoms with Crippen LogP contribution < -0.4 is 5.32 Å². The van der Waals surface area contributed by atoms with E-state index in [0.29, 0.717) is 5.91 Å². The lowest BCUT2D eigenvalue weighted by molar-refractivity contribution is -0.131. The second-order valence-electron chi connectivity index (χ2n) is 6.33. The van der Waals surface area contributed by atoms with E-state index in [2.05, 4.69) is 29.3 Å². The lowest BCUT2D eigenvalue weighted by Crippen LogP contribution is -2.37. The quantitative estimate of drug-likeness (QED) is 0.920. The molecule has 2 heterocycles. The van der Waals surface area contributed by atoms with Crippen molar-refractivity contribution in [2.75, 3.05) is 6.54 Å². The molecule has 1 aromatic heterocycles. The van der Waals surface area contributed by atoms with E-state index in [0.717, 1.165) is 25.3 Å². The second-order valence-corrected chi connectivity index (χ2v) is 7.65. The monoisotopic (exact) mass is 276 g/mol. The van der Waals surface area contributed by atoms with Crippen LogP contribution in [0.15, 0.2) is 12.1 Å². The summed E-state index contributed by atoms with van der Waals surface area (Å²) in [5, 5.41) is 3.61. The molecule has 4 rings (SSSR count). The molecule has 1 saturated heterocycles. The smallest absolute Gasteiger partial charge is 0.244 e. The molecule has 19 heavy (non-hydrogen) atoms. The predicted octanol–water partition coefficient (Wildman–Crippen LogP) is 2.82. The van der Waals surface area contributed by atoms with Gasteiger partial charge in [0.25, 0.3) is 0 Å². The third-order valence-electron chi connectivity index (χ3n) is 4.86. The van der Waals surface area contributed by atoms with Crippen molar-refractivity contribution in [3.8, 4) is 0 Å². The van der Waals surface area contributed by atoms with Crippen molar-refractivity contribution in [2.45, 2.75) is 50.7 Å². The summed E-state index contributed by atoms with van der Waals surface area (Å²) >= 11 is 1.82. The summed E-state index contributed by atoms with van der Waals surface area (Å²) in [7, 11) is 0. The first-order valence-corrected chi connectivity index (χ1v) is 8.15. The Morgan fingerprint density at radius 3 is 2.74 bits per heavy atom. The fraction of sp³-hybridized carbons (Fsp3) is 0.667. The maximum absolute atomic E-state index is 12.6. The summed E-state index contributed by atoms with van der Waals surface area (Å²) in [5.74, 6) is 1.10. The highest BCUT2D eigenvalue weighted by atomic mass is 32.1. The summed E-state index contributed by atoms with van der Waals surface area (Å²) < 4.78 is 0. The third-order valence-corrected chi connectivity index (χ3v) is 5.91. The summed E-state index contributed by atoms with van der Waals surface area (Å²) in [6.07, 6.45) is 6.12. The van der Waals surface area contributed by atoms with Gasteiger partial charge in [-0.2, -0.15) is 0 Å².